The third-order valence-corrected chi connectivity index (χ3v) is 6.17. The highest BCUT2D eigenvalue weighted by Gasteiger charge is 2.23. The number of nitrogens with zero attached hydrogens (tertiary/aromatic N) is 1. The van der Waals surface area contributed by atoms with Crippen LogP contribution >= 0.6 is 11.3 Å². The Morgan fingerprint density at radius 2 is 1.59 bits per heavy atom. The van der Waals surface area contributed by atoms with E-state index in [9.17, 15) is 14.7 Å². The molecule has 0 saturated heterocycles. The smallest absolute Gasteiger partial charge is 0.326 e. The van der Waals surface area contributed by atoms with E-state index in [0.29, 0.717) is 23.7 Å². The maximum absolute atomic E-state index is 12.8. The molecule has 0 aliphatic rings. The van der Waals surface area contributed by atoms with Gasteiger partial charge in [-0.15, -0.1) is 11.3 Å². The Balaban J connectivity index is 1.77. The number of carbonyl (C=O) groups excluding carboxylic acids is 1. The first kappa shape index (κ1) is 23.2. The lowest BCUT2D eigenvalue weighted by Gasteiger charge is -2.17. The topological polar surface area (TPSA) is 105 Å². The van der Waals surface area contributed by atoms with Gasteiger partial charge in [-0.05, 0) is 43.0 Å². The Morgan fingerprint density at radius 1 is 1.00 bits per heavy atom. The summed E-state index contributed by atoms with van der Waals surface area (Å²) in [5.41, 5.74) is 7.76. The minimum atomic E-state index is -1.06. The number of amidine groups is 1. The molecular weight excluding hydrogens is 422 g/mol. The van der Waals surface area contributed by atoms with Gasteiger partial charge >= 0.3 is 5.97 Å². The summed E-state index contributed by atoms with van der Waals surface area (Å²) in [7, 11) is 0. The number of aliphatic imine (C=N–C) groups is 1. The second-order valence-corrected chi connectivity index (χ2v) is 8.60. The lowest BCUT2D eigenvalue weighted by molar-refractivity contribution is -0.139. The molecule has 4 N–H and O–H groups in total. The van der Waals surface area contributed by atoms with Gasteiger partial charge in [-0.2, -0.15) is 0 Å². The van der Waals surface area contributed by atoms with Gasteiger partial charge in [0, 0.05) is 17.3 Å². The molecular formula is C25H27N3O3S. The lowest BCUT2D eigenvalue weighted by Crippen LogP contribution is -2.40. The number of nitrogens with two attached hydrogens (primary N) is 1. The van der Waals surface area contributed by atoms with Crippen molar-refractivity contribution in [3.8, 4) is 0 Å². The largest absolute Gasteiger partial charge is 0.480 e. The van der Waals surface area contributed by atoms with Gasteiger partial charge in [-0.25, -0.2) is 4.79 Å². The summed E-state index contributed by atoms with van der Waals surface area (Å²) in [5, 5.41) is 12.1. The fraction of sp³-hybridized carbons (Fsp3) is 0.240. The molecule has 1 heterocycles. The van der Waals surface area contributed by atoms with E-state index in [4.69, 9.17) is 5.73 Å². The Hall–Kier alpha value is -3.45. The van der Waals surface area contributed by atoms with Crippen LogP contribution in [0.15, 0.2) is 77.8 Å². The standard InChI is InChI=1S/C25H27N3O3S/c1-17(26)27-16-8-13-20(25(30)31)28-24(29)22-15-14-21(32-22)23(18-9-4-2-5-10-18)19-11-6-3-7-12-19/h2-7,9-12,14-15,20,23H,8,13,16H2,1H3,(H2,26,27)(H,28,29)(H,30,31). The second kappa shape index (κ2) is 11.2. The second-order valence-electron chi connectivity index (χ2n) is 7.49. The normalized spacial score (nSPS) is 12.5. The zero-order valence-electron chi connectivity index (χ0n) is 17.9. The van der Waals surface area contributed by atoms with Crippen molar-refractivity contribution in [3.63, 3.8) is 0 Å². The summed E-state index contributed by atoms with van der Waals surface area (Å²) in [5.74, 6) is -0.989. The summed E-state index contributed by atoms with van der Waals surface area (Å²) in [6.07, 6.45) is 0.804. The minimum absolute atomic E-state index is 0.00316. The number of hydrogen-bond acceptors (Lipinski definition) is 4. The van der Waals surface area contributed by atoms with Crippen LogP contribution in [0.3, 0.4) is 0 Å². The summed E-state index contributed by atoms with van der Waals surface area (Å²) in [4.78, 5) is 30.0. The predicted octanol–water partition coefficient (Wildman–Crippen LogP) is 4.27. The quantitative estimate of drug-likeness (QED) is 0.244. The zero-order chi connectivity index (χ0) is 22.9. The van der Waals surface area contributed by atoms with Crippen molar-refractivity contribution in [1.82, 2.24) is 5.32 Å². The fourth-order valence-electron chi connectivity index (χ4n) is 3.48. The number of aliphatic carboxylic acids is 1. The molecule has 2 aromatic carbocycles. The SMILES string of the molecule is CC(N)=NCCCC(NC(=O)c1ccc(C(c2ccccc2)c2ccccc2)s1)C(=O)O. The first-order chi connectivity index (χ1) is 15.5. The van der Waals surface area contributed by atoms with Crippen molar-refractivity contribution in [1.29, 1.82) is 0 Å². The highest BCUT2D eigenvalue weighted by Crippen LogP contribution is 2.36. The molecule has 7 heteroatoms. The van der Waals surface area contributed by atoms with Crippen molar-refractivity contribution in [3.05, 3.63) is 93.7 Å². The van der Waals surface area contributed by atoms with Gasteiger partial charge in [-0.1, -0.05) is 60.7 Å². The Labute approximate surface area is 191 Å². The molecule has 0 spiro atoms. The number of rotatable bonds is 10. The number of thiophene rings is 1. The van der Waals surface area contributed by atoms with Gasteiger partial charge in [0.2, 0.25) is 0 Å². The van der Waals surface area contributed by atoms with Crippen LogP contribution in [0.2, 0.25) is 0 Å². The Kier molecular flexibility index (Phi) is 8.16. The highest BCUT2D eigenvalue weighted by molar-refractivity contribution is 7.14. The number of carboxylic acids is 1. The number of amides is 1. The molecule has 1 atom stereocenters. The van der Waals surface area contributed by atoms with Crippen molar-refractivity contribution in [2.24, 2.45) is 10.7 Å². The van der Waals surface area contributed by atoms with E-state index >= 15 is 0 Å². The number of benzene rings is 2. The van der Waals surface area contributed by atoms with Crippen LogP contribution in [0.4, 0.5) is 0 Å². The monoisotopic (exact) mass is 449 g/mol. The minimum Gasteiger partial charge on any atom is -0.480 e. The molecule has 166 valence electrons. The number of nitrogens with one attached hydrogen (secondary N) is 1. The molecule has 6 nitrogen and oxygen atoms in total. The van der Waals surface area contributed by atoms with Crippen molar-refractivity contribution in [2.75, 3.05) is 6.54 Å². The van der Waals surface area contributed by atoms with Crippen LogP contribution in [0, 0.1) is 0 Å². The summed E-state index contributed by atoms with van der Waals surface area (Å²) < 4.78 is 0. The van der Waals surface area contributed by atoms with Gasteiger partial charge < -0.3 is 16.2 Å². The summed E-state index contributed by atoms with van der Waals surface area (Å²) in [6, 6.07) is 23.0. The summed E-state index contributed by atoms with van der Waals surface area (Å²) >= 11 is 1.38. The van der Waals surface area contributed by atoms with Crippen LogP contribution < -0.4 is 11.1 Å². The Morgan fingerprint density at radius 3 is 2.12 bits per heavy atom. The first-order valence-electron chi connectivity index (χ1n) is 10.5. The van der Waals surface area contributed by atoms with E-state index in [-0.39, 0.29) is 18.2 Å². The summed E-state index contributed by atoms with van der Waals surface area (Å²) in [6.45, 7) is 2.12. The molecule has 0 radical (unpaired) electrons. The van der Waals surface area contributed by atoms with Crippen LogP contribution in [0.5, 0.6) is 0 Å². The number of hydrogen-bond donors (Lipinski definition) is 3. The van der Waals surface area contributed by atoms with Crippen LogP contribution in [-0.4, -0.2) is 35.4 Å². The molecule has 1 amide bonds. The number of carboxylic acid groups (broad SMARTS) is 1. The van der Waals surface area contributed by atoms with Gasteiger partial charge in [0.1, 0.15) is 6.04 Å². The zero-order valence-corrected chi connectivity index (χ0v) is 18.7. The molecule has 3 rings (SSSR count). The van der Waals surface area contributed by atoms with E-state index in [0.717, 1.165) is 16.0 Å². The third kappa shape index (κ3) is 6.28. The Bertz CT molecular complexity index is 1020. The highest BCUT2D eigenvalue weighted by atomic mass is 32.1. The van der Waals surface area contributed by atoms with Crippen LogP contribution in [-0.2, 0) is 4.79 Å². The predicted molar refractivity (Wildman–Crippen MR) is 128 cm³/mol. The lowest BCUT2D eigenvalue weighted by atomic mass is 9.90. The van der Waals surface area contributed by atoms with Crippen LogP contribution in [0.25, 0.3) is 0 Å². The molecule has 0 aliphatic carbocycles. The fourth-order valence-corrected chi connectivity index (χ4v) is 4.55. The average molecular weight is 450 g/mol. The van der Waals surface area contributed by atoms with Crippen molar-refractivity contribution in [2.45, 2.75) is 31.7 Å². The van der Waals surface area contributed by atoms with E-state index < -0.39 is 12.0 Å². The number of carbonyl (C=O) groups is 2. The molecule has 0 saturated carbocycles. The molecule has 3 aromatic rings. The van der Waals surface area contributed by atoms with Gasteiger partial charge in [0.25, 0.3) is 5.91 Å². The third-order valence-electron chi connectivity index (χ3n) is 5.02. The van der Waals surface area contributed by atoms with Crippen molar-refractivity contribution >= 4 is 29.0 Å². The van der Waals surface area contributed by atoms with E-state index in [1.165, 1.54) is 11.3 Å². The van der Waals surface area contributed by atoms with Crippen molar-refractivity contribution < 1.29 is 14.7 Å². The van der Waals surface area contributed by atoms with Gasteiger partial charge in [0.15, 0.2) is 0 Å². The average Bonchev–Trinajstić information content (AvgIpc) is 3.27. The van der Waals surface area contributed by atoms with E-state index in [1.54, 1.807) is 13.0 Å². The van der Waals surface area contributed by atoms with E-state index in [1.807, 2.05) is 42.5 Å². The maximum atomic E-state index is 12.8. The molecule has 1 aromatic heterocycles. The molecule has 0 aliphatic heterocycles. The molecule has 0 bridgehead atoms. The van der Waals surface area contributed by atoms with Crippen LogP contribution in [0.1, 0.15) is 51.4 Å². The van der Waals surface area contributed by atoms with E-state index in [2.05, 4.69) is 34.6 Å². The first-order valence-corrected chi connectivity index (χ1v) is 11.3. The molecule has 32 heavy (non-hydrogen) atoms. The molecule has 1 unspecified atom stereocenters. The maximum Gasteiger partial charge on any atom is 0.326 e. The molecule has 0 fully saturated rings. The van der Waals surface area contributed by atoms with Gasteiger partial charge in [0.05, 0.1) is 10.7 Å². The van der Waals surface area contributed by atoms with Gasteiger partial charge in [-0.3, -0.25) is 9.79 Å².